The highest BCUT2D eigenvalue weighted by Gasteiger charge is 2.45. The number of hydrogen-bond acceptors (Lipinski definition) is 5. The van der Waals surface area contributed by atoms with Crippen molar-refractivity contribution in [2.45, 2.75) is 32.5 Å². The summed E-state index contributed by atoms with van der Waals surface area (Å²) in [5.41, 5.74) is -1.17. The number of alkyl halides is 3. The number of hydrogen-bond donors (Lipinski definition) is 1. The van der Waals surface area contributed by atoms with E-state index < -0.39 is 29.6 Å². The minimum absolute atomic E-state index is 0.0524. The highest BCUT2D eigenvalue weighted by atomic mass is 19.4. The van der Waals surface area contributed by atoms with Crippen molar-refractivity contribution >= 4 is 0 Å². The third kappa shape index (κ3) is 4.82. The van der Waals surface area contributed by atoms with Crippen molar-refractivity contribution in [1.82, 2.24) is 15.0 Å². The molecule has 31 heavy (non-hydrogen) atoms. The molecule has 0 aliphatic heterocycles. The van der Waals surface area contributed by atoms with E-state index in [1.54, 1.807) is 26.8 Å². The summed E-state index contributed by atoms with van der Waals surface area (Å²) in [5.74, 6) is -0.847. The zero-order chi connectivity index (χ0) is 22.9. The molecule has 9 heteroatoms. The molecule has 5 nitrogen and oxygen atoms in total. The molecule has 164 valence electrons. The van der Waals surface area contributed by atoms with E-state index in [4.69, 9.17) is 0 Å². The van der Waals surface area contributed by atoms with Crippen molar-refractivity contribution in [1.29, 1.82) is 0 Å². The maximum atomic E-state index is 15.2. The van der Waals surface area contributed by atoms with Crippen LogP contribution in [0.4, 0.5) is 17.6 Å². The van der Waals surface area contributed by atoms with Gasteiger partial charge < -0.3 is 9.84 Å². The molecule has 0 saturated heterocycles. The number of ether oxygens (including phenoxy) is 1. The van der Waals surface area contributed by atoms with Crippen molar-refractivity contribution < 1.29 is 27.4 Å². The number of aliphatic hydroxyl groups is 1. The van der Waals surface area contributed by atoms with Gasteiger partial charge in [-0.05, 0) is 23.1 Å². The van der Waals surface area contributed by atoms with Gasteiger partial charge in [-0.2, -0.15) is 13.2 Å². The van der Waals surface area contributed by atoms with Gasteiger partial charge in [0.25, 0.3) is 0 Å². The molecule has 0 saturated carbocycles. The molecule has 0 amide bonds. The largest absolute Gasteiger partial charge is 0.468 e. The molecule has 1 unspecified atom stereocenters. The highest BCUT2D eigenvalue weighted by Crippen LogP contribution is 2.45. The van der Waals surface area contributed by atoms with Crippen molar-refractivity contribution in [3.63, 3.8) is 0 Å². The van der Waals surface area contributed by atoms with E-state index in [1.807, 2.05) is 0 Å². The number of benzene rings is 1. The van der Waals surface area contributed by atoms with Gasteiger partial charge in [-0.25, -0.2) is 19.3 Å². The molecule has 3 rings (SSSR count). The number of aromatic nitrogens is 3. The zero-order valence-corrected chi connectivity index (χ0v) is 17.1. The Morgan fingerprint density at radius 3 is 2.10 bits per heavy atom. The normalized spacial score (nSPS) is 14.2. The topological polar surface area (TPSA) is 68.1 Å². The Labute approximate surface area is 176 Å². The van der Waals surface area contributed by atoms with E-state index in [0.29, 0.717) is 16.7 Å². The molecule has 2 aromatic heterocycles. The second kappa shape index (κ2) is 8.22. The molecule has 0 spiro atoms. The quantitative estimate of drug-likeness (QED) is 0.578. The predicted molar refractivity (Wildman–Crippen MR) is 106 cm³/mol. The molecular weight excluding hydrogens is 414 g/mol. The second-order valence-corrected chi connectivity index (χ2v) is 8.07. The molecule has 2 heterocycles. The summed E-state index contributed by atoms with van der Waals surface area (Å²) in [5, 5.41) is 11.6. The first kappa shape index (κ1) is 22.6. The van der Waals surface area contributed by atoms with Gasteiger partial charge in [0.1, 0.15) is 17.7 Å². The Bertz CT molecular complexity index is 1040. The number of rotatable bonds is 5. The summed E-state index contributed by atoms with van der Waals surface area (Å²) in [6.07, 6.45) is 1.03. The summed E-state index contributed by atoms with van der Waals surface area (Å²) in [7, 11) is 0. The van der Waals surface area contributed by atoms with E-state index >= 15 is 4.39 Å². The second-order valence-electron chi connectivity index (χ2n) is 8.07. The fourth-order valence-corrected chi connectivity index (χ4v) is 3.26. The van der Waals surface area contributed by atoms with Crippen molar-refractivity contribution in [2.75, 3.05) is 6.61 Å². The summed E-state index contributed by atoms with van der Waals surface area (Å²) in [6.45, 7) is 3.88. The minimum Gasteiger partial charge on any atom is -0.468 e. The Hall–Kier alpha value is -3.07. The van der Waals surface area contributed by atoms with Crippen molar-refractivity contribution in [2.24, 2.45) is 5.41 Å². The van der Waals surface area contributed by atoms with Crippen LogP contribution in [-0.2, 0) is 5.60 Å². The molecule has 1 atom stereocenters. The Kier molecular flexibility index (Phi) is 6.00. The number of halogens is 4. The van der Waals surface area contributed by atoms with E-state index in [1.165, 1.54) is 49.2 Å². The fraction of sp³-hybridized carbons (Fsp3) is 0.318. The van der Waals surface area contributed by atoms with Gasteiger partial charge in [0.2, 0.25) is 5.88 Å². The Morgan fingerprint density at radius 1 is 0.935 bits per heavy atom. The van der Waals surface area contributed by atoms with E-state index in [9.17, 15) is 18.3 Å². The SMILES string of the molecule is CC(C)(C)C(O)(c1cncnc1)c1ccc(-c2ccc(OCC(F)(F)F)nc2)cc1F. The Balaban J connectivity index is 1.94. The fourth-order valence-electron chi connectivity index (χ4n) is 3.26. The lowest BCUT2D eigenvalue weighted by atomic mass is 9.68. The lowest BCUT2D eigenvalue weighted by Gasteiger charge is -2.41. The summed E-state index contributed by atoms with van der Waals surface area (Å²) in [4.78, 5) is 11.7. The zero-order valence-electron chi connectivity index (χ0n) is 17.1. The molecule has 3 aromatic rings. The van der Waals surface area contributed by atoms with Crippen LogP contribution >= 0.6 is 0 Å². The van der Waals surface area contributed by atoms with Crippen LogP contribution in [0.3, 0.4) is 0 Å². The van der Waals surface area contributed by atoms with Crippen LogP contribution in [0, 0.1) is 11.2 Å². The summed E-state index contributed by atoms with van der Waals surface area (Å²) >= 11 is 0. The maximum Gasteiger partial charge on any atom is 0.422 e. The van der Waals surface area contributed by atoms with Crippen LogP contribution < -0.4 is 4.74 Å². The summed E-state index contributed by atoms with van der Waals surface area (Å²) < 4.78 is 56.5. The first-order valence-electron chi connectivity index (χ1n) is 9.36. The predicted octanol–water partition coefficient (Wildman–Crippen LogP) is 4.90. The van der Waals surface area contributed by atoms with Gasteiger partial charge in [-0.1, -0.05) is 32.9 Å². The average molecular weight is 435 g/mol. The first-order chi connectivity index (χ1) is 14.4. The van der Waals surface area contributed by atoms with Gasteiger partial charge in [0.15, 0.2) is 6.61 Å². The maximum absolute atomic E-state index is 15.2. The standard InChI is InChI=1S/C22H21F4N3O2/c1-20(2,3)22(30,16-10-27-13-28-11-16)17-6-4-14(8-18(17)23)15-5-7-19(29-9-15)31-12-21(24,25)26/h4-11,13,30H,12H2,1-3H3. The van der Waals surface area contributed by atoms with E-state index in [-0.39, 0.29) is 11.4 Å². The van der Waals surface area contributed by atoms with E-state index in [0.717, 1.165) is 0 Å². The van der Waals surface area contributed by atoms with Crippen LogP contribution in [0.5, 0.6) is 5.88 Å². The molecule has 0 bridgehead atoms. The smallest absolute Gasteiger partial charge is 0.422 e. The van der Waals surface area contributed by atoms with Crippen LogP contribution in [0.2, 0.25) is 0 Å². The minimum atomic E-state index is -4.47. The van der Waals surface area contributed by atoms with Crippen molar-refractivity contribution in [3.8, 4) is 17.0 Å². The monoisotopic (exact) mass is 435 g/mol. The summed E-state index contributed by atoms with van der Waals surface area (Å²) in [6, 6.07) is 7.07. The molecule has 1 aromatic carbocycles. The van der Waals surface area contributed by atoms with Gasteiger partial charge >= 0.3 is 6.18 Å². The molecule has 1 N–H and O–H groups in total. The van der Waals surface area contributed by atoms with E-state index in [2.05, 4.69) is 19.7 Å². The highest BCUT2D eigenvalue weighted by molar-refractivity contribution is 5.64. The third-order valence-electron chi connectivity index (χ3n) is 4.88. The Morgan fingerprint density at radius 2 is 1.58 bits per heavy atom. The van der Waals surface area contributed by atoms with Crippen LogP contribution in [0.25, 0.3) is 11.1 Å². The molecule has 0 fully saturated rings. The number of nitrogens with zero attached hydrogens (tertiary/aromatic N) is 3. The molecule has 0 aliphatic rings. The van der Waals surface area contributed by atoms with Gasteiger partial charge in [0, 0.05) is 41.3 Å². The van der Waals surface area contributed by atoms with Crippen LogP contribution in [0.15, 0.2) is 55.2 Å². The first-order valence-corrected chi connectivity index (χ1v) is 9.36. The average Bonchev–Trinajstić information content (AvgIpc) is 2.71. The molecule has 0 aliphatic carbocycles. The molecular formula is C22H21F4N3O2. The van der Waals surface area contributed by atoms with Gasteiger partial charge in [0.05, 0.1) is 0 Å². The van der Waals surface area contributed by atoms with Crippen molar-refractivity contribution in [3.05, 3.63) is 72.2 Å². The van der Waals surface area contributed by atoms with Crippen LogP contribution in [-0.4, -0.2) is 32.8 Å². The lowest BCUT2D eigenvalue weighted by molar-refractivity contribution is -0.154. The molecule has 0 radical (unpaired) electrons. The van der Waals surface area contributed by atoms with Gasteiger partial charge in [-0.3, -0.25) is 0 Å². The van der Waals surface area contributed by atoms with Crippen LogP contribution in [0.1, 0.15) is 31.9 Å². The lowest BCUT2D eigenvalue weighted by Crippen LogP contribution is -2.42. The van der Waals surface area contributed by atoms with Gasteiger partial charge in [-0.15, -0.1) is 0 Å². The third-order valence-corrected chi connectivity index (χ3v) is 4.88. The number of pyridine rings is 1.